The van der Waals surface area contributed by atoms with Crippen LogP contribution >= 0.6 is 0 Å². The van der Waals surface area contributed by atoms with Crippen LogP contribution in [0.3, 0.4) is 0 Å². The Balaban J connectivity index is 2.49. The van der Waals surface area contributed by atoms with Crippen LogP contribution in [0.5, 0.6) is 0 Å². The molecule has 0 saturated heterocycles. The van der Waals surface area contributed by atoms with E-state index in [4.69, 9.17) is 0 Å². The number of fused-ring (bicyclic) bond motifs is 1. The summed E-state index contributed by atoms with van der Waals surface area (Å²) in [5, 5.41) is 4.16. The summed E-state index contributed by atoms with van der Waals surface area (Å²) in [7, 11) is 0. The molecule has 0 radical (unpaired) electrons. The first-order chi connectivity index (χ1) is 5.67. The van der Waals surface area contributed by atoms with Crippen LogP contribution in [0, 0.1) is 5.41 Å². The summed E-state index contributed by atoms with van der Waals surface area (Å²) in [4.78, 5) is 0. The van der Waals surface area contributed by atoms with E-state index in [-0.39, 0.29) is 5.41 Å². The number of rotatable bonds is 0. The SMILES string of the molecule is CC1(C)C=Cc2ccnn2C=C1. The molecule has 2 heterocycles. The van der Waals surface area contributed by atoms with E-state index in [1.54, 1.807) is 0 Å². The average molecular weight is 160 g/mol. The highest BCUT2D eigenvalue weighted by atomic mass is 15.3. The van der Waals surface area contributed by atoms with E-state index in [0.717, 1.165) is 5.69 Å². The summed E-state index contributed by atoms with van der Waals surface area (Å²) >= 11 is 0. The molecule has 0 aliphatic carbocycles. The zero-order valence-electron chi connectivity index (χ0n) is 7.36. The smallest absolute Gasteiger partial charge is 0.0658 e. The van der Waals surface area contributed by atoms with Gasteiger partial charge in [0.1, 0.15) is 0 Å². The van der Waals surface area contributed by atoms with Gasteiger partial charge in [-0.15, -0.1) is 0 Å². The molecule has 0 fully saturated rings. The van der Waals surface area contributed by atoms with Gasteiger partial charge < -0.3 is 0 Å². The van der Waals surface area contributed by atoms with Crippen molar-refractivity contribution < 1.29 is 0 Å². The second-order valence-corrected chi connectivity index (χ2v) is 3.67. The van der Waals surface area contributed by atoms with Gasteiger partial charge in [0.25, 0.3) is 0 Å². The van der Waals surface area contributed by atoms with E-state index >= 15 is 0 Å². The highest BCUT2D eigenvalue weighted by Crippen LogP contribution is 2.23. The average Bonchev–Trinajstić information content (AvgIpc) is 2.40. The maximum absolute atomic E-state index is 4.16. The van der Waals surface area contributed by atoms with Gasteiger partial charge in [-0.3, -0.25) is 0 Å². The van der Waals surface area contributed by atoms with Crippen LogP contribution in [0.25, 0.3) is 12.3 Å². The molecule has 0 atom stereocenters. The first-order valence-corrected chi connectivity index (χ1v) is 4.09. The molecule has 0 unspecified atom stereocenters. The van der Waals surface area contributed by atoms with Crippen molar-refractivity contribution in [3.8, 4) is 0 Å². The van der Waals surface area contributed by atoms with Gasteiger partial charge >= 0.3 is 0 Å². The molecule has 62 valence electrons. The molecule has 0 N–H and O–H groups in total. The van der Waals surface area contributed by atoms with Gasteiger partial charge in [0.05, 0.1) is 5.69 Å². The van der Waals surface area contributed by atoms with E-state index in [2.05, 4.69) is 37.2 Å². The van der Waals surface area contributed by atoms with E-state index in [0.29, 0.717) is 0 Å². The molecular weight excluding hydrogens is 148 g/mol. The molecule has 12 heavy (non-hydrogen) atoms. The highest BCUT2D eigenvalue weighted by molar-refractivity contribution is 5.52. The molecule has 1 aliphatic rings. The van der Waals surface area contributed by atoms with Crippen molar-refractivity contribution in [1.29, 1.82) is 0 Å². The molecule has 2 rings (SSSR count). The lowest BCUT2D eigenvalue weighted by atomic mass is 9.93. The van der Waals surface area contributed by atoms with Gasteiger partial charge in [0.2, 0.25) is 0 Å². The molecule has 2 nitrogen and oxygen atoms in total. The van der Waals surface area contributed by atoms with Crippen LogP contribution in [-0.2, 0) is 0 Å². The molecule has 1 aromatic heterocycles. The van der Waals surface area contributed by atoms with Crippen molar-refractivity contribution in [3.05, 3.63) is 30.1 Å². The normalized spacial score (nSPS) is 18.8. The number of hydrogen-bond acceptors (Lipinski definition) is 1. The highest BCUT2D eigenvalue weighted by Gasteiger charge is 2.11. The number of nitrogens with zero attached hydrogens (tertiary/aromatic N) is 2. The summed E-state index contributed by atoms with van der Waals surface area (Å²) in [5.41, 5.74) is 1.28. The van der Waals surface area contributed by atoms with Crippen LogP contribution in [0.4, 0.5) is 0 Å². The van der Waals surface area contributed by atoms with Crippen LogP contribution < -0.4 is 0 Å². The van der Waals surface area contributed by atoms with Crippen molar-refractivity contribution in [1.82, 2.24) is 9.78 Å². The number of aromatic nitrogens is 2. The summed E-state index contributed by atoms with van der Waals surface area (Å²) < 4.78 is 1.88. The lowest BCUT2D eigenvalue weighted by Crippen LogP contribution is -2.00. The van der Waals surface area contributed by atoms with Gasteiger partial charge in [-0.1, -0.05) is 26.0 Å². The second kappa shape index (κ2) is 2.34. The lowest BCUT2D eigenvalue weighted by molar-refractivity contribution is 0.632. The molecule has 0 amide bonds. The second-order valence-electron chi connectivity index (χ2n) is 3.67. The largest absolute Gasteiger partial charge is 0.241 e. The molecule has 2 heteroatoms. The molecule has 0 spiro atoms. The Labute approximate surface area is 72.2 Å². The topological polar surface area (TPSA) is 17.8 Å². The number of allylic oxidation sites excluding steroid dienone is 2. The fourth-order valence-corrected chi connectivity index (χ4v) is 1.20. The minimum Gasteiger partial charge on any atom is -0.241 e. The Morgan fingerprint density at radius 2 is 2.17 bits per heavy atom. The fraction of sp³-hybridized carbons (Fsp3) is 0.300. The predicted molar refractivity (Wildman–Crippen MR) is 50.4 cm³/mol. The maximum Gasteiger partial charge on any atom is 0.0658 e. The summed E-state index contributed by atoms with van der Waals surface area (Å²) in [6.07, 6.45) is 10.3. The monoisotopic (exact) mass is 160 g/mol. The van der Waals surface area contributed by atoms with Crippen LogP contribution in [0.1, 0.15) is 19.5 Å². The Bertz CT molecular complexity index is 312. The Hall–Kier alpha value is -1.31. The third-order valence-corrected chi connectivity index (χ3v) is 2.03. The Morgan fingerprint density at radius 3 is 3.00 bits per heavy atom. The first-order valence-electron chi connectivity index (χ1n) is 4.09. The van der Waals surface area contributed by atoms with E-state index in [1.165, 1.54) is 0 Å². The van der Waals surface area contributed by atoms with Gasteiger partial charge in [0, 0.05) is 17.8 Å². The number of hydrogen-bond donors (Lipinski definition) is 0. The van der Waals surface area contributed by atoms with Crippen molar-refractivity contribution in [2.45, 2.75) is 13.8 Å². The third kappa shape index (κ3) is 1.20. The van der Waals surface area contributed by atoms with Crippen molar-refractivity contribution >= 4 is 12.3 Å². The maximum atomic E-state index is 4.16. The standard InChI is InChI=1S/C10H12N2/c1-10(2)5-3-9-4-7-11-12(9)8-6-10/h3-8H,1-2H3. The lowest BCUT2D eigenvalue weighted by Gasteiger charge is -2.11. The summed E-state index contributed by atoms with van der Waals surface area (Å²) in [6, 6.07) is 2.00. The molecule has 0 bridgehead atoms. The molecule has 1 aromatic rings. The predicted octanol–water partition coefficient (Wildman–Crippen LogP) is 2.41. The Morgan fingerprint density at radius 1 is 1.33 bits per heavy atom. The Kier molecular flexibility index (Phi) is 1.43. The summed E-state index contributed by atoms with van der Waals surface area (Å²) in [5.74, 6) is 0. The fourth-order valence-electron chi connectivity index (χ4n) is 1.20. The molecule has 1 aliphatic heterocycles. The quantitative estimate of drug-likeness (QED) is 0.570. The molecular formula is C10H12N2. The van der Waals surface area contributed by atoms with Crippen LogP contribution in [0.2, 0.25) is 0 Å². The van der Waals surface area contributed by atoms with E-state index in [1.807, 2.05) is 23.1 Å². The van der Waals surface area contributed by atoms with Crippen LogP contribution in [0.15, 0.2) is 24.4 Å². The minimum atomic E-state index is 0.140. The summed E-state index contributed by atoms with van der Waals surface area (Å²) in [6.45, 7) is 4.35. The minimum absolute atomic E-state index is 0.140. The van der Waals surface area contributed by atoms with Crippen LogP contribution in [-0.4, -0.2) is 9.78 Å². The van der Waals surface area contributed by atoms with E-state index in [9.17, 15) is 0 Å². The molecule has 0 aromatic carbocycles. The van der Waals surface area contributed by atoms with Crippen molar-refractivity contribution in [2.24, 2.45) is 5.41 Å². The van der Waals surface area contributed by atoms with Gasteiger partial charge in [0.15, 0.2) is 0 Å². The third-order valence-electron chi connectivity index (χ3n) is 2.03. The molecule has 0 saturated carbocycles. The van der Waals surface area contributed by atoms with Gasteiger partial charge in [-0.05, 0) is 12.1 Å². The van der Waals surface area contributed by atoms with Crippen molar-refractivity contribution in [2.75, 3.05) is 0 Å². The first kappa shape index (κ1) is 7.35. The zero-order valence-corrected chi connectivity index (χ0v) is 7.36. The van der Waals surface area contributed by atoms with E-state index < -0.39 is 0 Å². The zero-order chi connectivity index (χ0) is 8.60. The van der Waals surface area contributed by atoms with Gasteiger partial charge in [-0.25, -0.2) is 4.68 Å². The van der Waals surface area contributed by atoms with Crippen molar-refractivity contribution in [3.63, 3.8) is 0 Å². The van der Waals surface area contributed by atoms with Gasteiger partial charge in [-0.2, -0.15) is 5.10 Å².